The molecule has 0 aliphatic rings. The molecule has 0 saturated carbocycles. The van der Waals surface area contributed by atoms with Gasteiger partial charge in [-0.25, -0.2) is 0 Å². The molecule has 0 radical (unpaired) electrons. The van der Waals surface area contributed by atoms with Gasteiger partial charge in [-0.1, -0.05) is 34.6 Å². The average molecular weight is 213 g/mol. The molecule has 0 fully saturated rings. The lowest BCUT2D eigenvalue weighted by molar-refractivity contribution is -0.119. The second-order valence-corrected chi connectivity index (χ2v) is 5.38. The smallest absolute Gasteiger partial charge is 0.134 e. The van der Waals surface area contributed by atoms with Crippen LogP contribution in [-0.2, 0) is 4.79 Å². The summed E-state index contributed by atoms with van der Waals surface area (Å²) in [6.07, 6.45) is 2.46. The zero-order valence-electron chi connectivity index (χ0n) is 11.1. The van der Waals surface area contributed by atoms with Crippen LogP contribution in [-0.4, -0.2) is 30.3 Å². The molecule has 0 aromatic heterocycles. The largest absolute Gasteiger partial charge is 0.303 e. The van der Waals surface area contributed by atoms with Gasteiger partial charge in [-0.2, -0.15) is 0 Å². The summed E-state index contributed by atoms with van der Waals surface area (Å²) in [5.74, 6) is 0.414. The zero-order chi connectivity index (χ0) is 11.9. The fourth-order valence-electron chi connectivity index (χ4n) is 1.46. The van der Waals surface area contributed by atoms with E-state index in [4.69, 9.17) is 0 Å². The number of rotatable bonds is 7. The highest BCUT2D eigenvalue weighted by Crippen LogP contribution is 2.20. The van der Waals surface area contributed by atoms with Gasteiger partial charge in [-0.3, -0.25) is 4.79 Å². The van der Waals surface area contributed by atoms with E-state index >= 15 is 0 Å². The molecule has 0 aromatic carbocycles. The van der Waals surface area contributed by atoms with Crippen LogP contribution in [0.3, 0.4) is 0 Å². The molecule has 0 aliphatic heterocycles. The highest BCUT2D eigenvalue weighted by Gasteiger charge is 2.13. The number of carbonyl (C=O) groups excluding carboxylic acids is 1. The van der Waals surface area contributed by atoms with Gasteiger partial charge in [0.05, 0.1) is 0 Å². The maximum atomic E-state index is 11.6. The van der Waals surface area contributed by atoms with Gasteiger partial charge in [0.2, 0.25) is 0 Å². The van der Waals surface area contributed by atoms with Gasteiger partial charge < -0.3 is 4.90 Å². The van der Waals surface area contributed by atoms with Crippen molar-refractivity contribution in [1.82, 2.24) is 4.90 Å². The Morgan fingerprint density at radius 1 is 1.07 bits per heavy atom. The Kier molecular flexibility index (Phi) is 6.82. The quantitative estimate of drug-likeness (QED) is 0.647. The summed E-state index contributed by atoms with van der Waals surface area (Å²) in [5.41, 5.74) is 0.283. The van der Waals surface area contributed by atoms with Crippen molar-refractivity contribution in [3.8, 4) is 0 Å². The first-order chi connectivity index (χ1) is 6.89. The van der Waals surface area contributed by atoms with E-state index in [0.717, 1.165) is 38.9 Å². The van der Waals surface area contributed by atoms with E-state index in [-0.39, 0.29) is 5.41 Å². The lowest BCUT2D eigenvalue weighted by atomic mass is 9.89. The summed E-state index contributed by atoms with van der Waals surface area (Å²) in [5, 5.41) is 0. The Bertz CT molecular complexity index is 177. The van der Waals surface area contributed by atoms with Gasteiger partial charge in [-0.15, -0.1) is 0 Å². The minimum absolute atomic E-state index is 0.283. The third-order valence-electron chi connectivity index (χ3n) is 2.76. The van der Waals surface area contributed by atoms with Crippen LogP contribution in [0.15, 0.2) is 0 Å². The Morgan fingerprint density at radius 2 is 1.60 bits per heavy atom. The van der Waals surface area contributed by atoms with Crippen molar-refractivity contribution in [2.45, 2.75) is 53.9 Å². The van der Waals surface area contributed by atoms with Crippen molar-refractivity contribution < 1.29 is 4.79 Å². The number of Topliss-reactive ketones (excluding diaryl/α,β-unsaturated/α-hetero) is 1. The number of nitrogens with zero attached hydrogens (tertiary/aromatic N) is 1. The van der Waals surface area contributed by atoms with Crippen LogP contribution in [0.1, 0.15) is 53.9 Å². The van der Waals surface area contributed by atoms with Crippen molar-refractivity contribution in [2.75, 3.05) is 19.6 Å². The van der Waals surface area contributed by atoms with Gasteiger partial charge in [0.15, 0.2) is 0 Å². The molecule has 0 atom stereocenters. The lowest BCUT2D eigenvalue weighted by Gasteiger charge is -2.19. The Morgan fingerprint density at radius 3 is 2.00 bits per heavy atom. The van der Waals surface area contributed by atoms with Crippen molar-refractivity contribution in [3.05, 3.63) is 0 Å². The average Bonchev–Trinajstić information content (AvgIpc) is 2.15. The molecule has 0 aromatic rings. The van der Waals surface area contributed by atoms with Crippen LogP contribution in [0.25, 0.3) is 0 Å². The second-order valence-electron chi connectivity index (χ2n) is 5.38. The van der Waals surface area contributed by atoms with Gasteiger partial charge >= 0.3 is 0 Å². The summed E-state index contributed by atoms with van der Waals surface area (Å²) in [6.45, 7) is 13.9. The molecular weight excluding hydrogens is 186 g/mol. The summed E-state index contributed by atoms with van der Waals surface area (Å²) in [6, 6.07) is 0. The van der Waals surface area contributed by atoms with Crippen molar-refractivity contribution >= 4 is 5.78 Å². The Balaban J connectivity index is 3.66. The molecule has 0 N–H and O–H groups in total. The zero-order valence-corrected chi connectivity index (χ0v) is 11.1. The fourth-order valence-corrected chi connectivity index (χ4v) is 1.46. The lowest BCUT2D eigenvalue weighted by Crippen LogP contribution is -2.26. The molecule has 0 spiro atoms. The monoisotopic (exact) mass is 213 g/mol. The summed E-state index contributed by atoms with van der Waals surface area (Å²) >= 11 is 0. The van der Waals surface area contributed by atoms with E-state index in [0.29, 0.717) is 5.78 Å². The standard InChI is InChI=1S/C13H27NO/c1-6-14(7-2)11-9-12(15)8-10-13(3,4)5/h6-11H2,1-5H3. The van der Waals surface area contributed by atoms with E-state index < -0.39 is 0 Å². The summed E-state index contributed by atoms with van der Waals surface area (Å²) in [4.78, 5) is 13.9. The molecule has 0 rings (SSSR count). The molecule has 0 unspecified atom stereocenters. The van der Waals surface area contributed by atoms with E-state index in [1.807, 2.05) is 0 Å². The molecule has 0 saturated heterocycles. The van der Waals surface area contributed by atoms with E-state index in [2.05, 4.69) is 39.5 Å². The van der Waals surface area contributed by atoms with Gasteiger partial charge in [0.1, 0.15) is 5.78 Å². The minimum atomic E-state index is 0.283. The third-order valence-corrected chi connectivity index (χ3v) is 2.76. The second kappa shape index (κ2) is 7.00. The first-order valence-corrected chi connectivity index (χ1v) is 6.13. The summed E-state index contributed by atoms with van der Waals surface area (Å²) < 4.78 is 0. The Labute approximate surface area is 95.0 Å². The molecule has 2 heteroatoms. The SMILES string of the molecule is CCN(CC)CCC(=O)CCC(C)(C)C. The van der Waals surface area contributed by atoms with Gasteiger partial charge in [0, 0.05) is 19.4 Å². The minimum Gasteiger partial charge on any atom is -0.303 e. The van der Waals surface area contributed by atoms with Crippen LogP contribution in [0.5, 0.6) is 0 Å². The molecular formula is C13H27NO. The fraction of sp³-hybridized carbons (Fsp3) is 0.923. The van der Waals surface area contributed by atoms with Crippen LogP contribution in [0, 0.1) is 5.41 Å². The highest BCUT2D eigenvalue weighted by atomic mass is 16.1. The first kappa shape index (κ1) is 14.6. The molecule has 15 heavy (non-hydrogen) atoms. The predicted octanol–water partition coefficient (Wildman–Crippen LogP) is 3.11. The molecule has 2 nitrogen and oxygen atoms in total. The van der Waals surface area contributed by atoms with Gasteiger partial charge in [0.25, 0.3) is 0 Å². The molecule has 90 valence electrons. The molecule has 0 heterocycles. The number of hydrogen-bond donors (Lipinski definition) is 0. The number of hydrogen-bond acceptors (Lipinski definition) is 2. The topological polar surface area (TPSA) is 20.3 Å². The normalized spacial score (nSPS) is 12.1. The van der Waals surface area contributed by atoms with Crippen LogP contribution in [0.2, 0.25) is 0 Å². The molecule has 0 bridgehead atoms. The van der Waals surface area contributed by atoms with Crippen LogP contribution in [0.4, 0.5) is 0 Å². The highest BCUT2D eigenvalue weighted by molar-refractivity contribution is 5.78. The maximum Gasteiger partial charge on any atom is 0.134 e. The van der Waals surface area contributed by atoms with E-state index in [1.54, 1.807) is 0 Å². The van der Waals surface area contributed by atoms with E-state index in [1.165, 1.54) is 0 Å². The van der Waals surface area contributed by atoms with E-state index in [9.17, 15) is 4.79 Å². The Hall–Kier alpha value is -0.370. The van der Waals surface area contributed by atoms with Gasteiger partial charge in [-0.05, 0) is 24.9 Å². The number of ketones is 1. The number of carbonyl (C=O) groups is 1. The van der Waals surface area contributed by atoms with Crippen LogP contribution < -0.4 is 0 Å². The maximum absolute atomic E-state index is 11.6. The third kappa shape index (κ3) is 8.61. The molecule has 0 amide bonds. The first-order valence-electron chi connectivity index (χ1n) is 6.13. The van der Waals surface area contributed by atoms with Crippen molar-refractivity contribution in [2.24, 2.45) is 5.41 Å². The van der Waals surface area contributed by atoms with Crippen LogP contribution >= 0.6 is 0 Å². The molecule has 0 aliphatic carbocycles. The predicted molar refractivity (Wildman–Crippen MR) is 66.1 cm³/mol. The summed E-state index contributed by atoms with van der Waals surface area (Å²) in [7, 11) is 0. The van der Waals surface area contributed by atoms with Crippen molar-refractivity contribution in [1.29, 1.82) is 0 Å². The van der Waals surface area contributed by atoms with Crippen molar-refractivity contribution in [3.63, 3.8) is 0 Å².